The van der Waals surface area contributed by atoms with E-state index in [2.05, 4.69) is 31.3 Å². The second-order valence-electron chi connectivity index (χ2n) is 6.97. The third-order valence-corrected chi connectivity index (χ3v) is 7.04. The molecule has 0 radical (unpaired) electrons. The van der Waals surface area contributed by atoms with E-state index in [9.17, 15) is 13.2 Å². The molecule has 1 aromatic carbocycles. The predicted octanol–water partition coefficient (Wildman–Crippen LogP) is 2.10. The summed E-state index contributed by atoms with van der Waals surface area (Å²) < 4.78 is 38.6. The van der Waals surface area contributed by atoms with Crippen LogP contribution in [0.1, 0.15) is 12.2 Å². The Kier molecular flexibility index (Phi) is 8.00. The highest BCUT2D eigenvalue weighted by molar-refractivity contribution is 9.10. The minimum Gasteiger partial charge on any atom is -0.379 e. The van der Waals surface area contributed by atoms with Gasteiger partial charge in [-0.05, 0) is 44.2 Å². The van der Waals surface area contributed by atoms with Crippen molar-refractivity contribution in [1.82, 2.24) is 14.4 Å². The van der Waals surface area contributed by atoms with E-state index >= 15 is 0 Å². The maximum absolute atomic E-state index is 13.2. The second kappa shape index (κ2) is 10.5. The van der Waals surface area contributed by atoms with Gasteiger partial charge in [0, 0.05) is 30.2 Å². The Morgan fingerprint density at radius 1 is 1.27 bits per heavy atom. The van der Waals surface area contributed by atoms with Crippen LogP contribution in [0.25, 0.3) is 0 Å². The normalized spacial score (nSPS) is 15.4. The van der Waals surface area contributed by atoms with Gasteiger partial charge in [0.1, 0.15) is 5.76 Å². The van der Waals surface area contributed by atoms with Gasteiger partial charge in [-0.15, -0.1) is 0 Å². The standard InChI is InChI=1S/C19H25BrN4O5S/c1-15-13-18(22-29-15)21-19(25)14-24(8-2-7-23-9-11-28-12-10-23)30(26,27)17-5-3-16(20)4-6-17/h3-6,13H,2,7-12,14H2,1H3,(H,21,22,25). The van der Waals surface area contributed by atoms with Crippen LogP contribution in [0.2, 0.25) is 0 Å². The van der Waals surface area contributed by atoms with Gasteiger partial charge < -0.3 is 14.6 Å². The number of hydrogen-bond donors (Lipinski definition) is 1. The molecule has 1 aromatic heterocycles. The van der Waals surface area contributed by atoms with Crippen LogP contribution in [0.5, 0.6) is 0 Å². The molecule has 0 bridgehead atoms. The Hall–Kier alpha value is -1.79. The number of aryl methyl sites for hydroxylation is 1. The third kappa shape index (κ3) is 6.35. The quantitative estimate of drug-likeness (QED) is 0.561. The first-order valence-electron chi connectivity index (χ1n) is 9.63. The summed E-state index contributed by atoms with van der Waals surface area (Å²) in [7, 11) is -3.84. The summed E-state index contributed by atoms with van der Waals surface area (Å²) in [6.45, 7) is 5.37. The monoisotopic (exact) mass is 500 g/mol. The molecule has 0 unspecified atom stereocenters. The Bertz CT molecular complexity index is 942. The number of anilines is 1. The third-order valence-electron chi connectivity index (χ3n) is 4.65. The van der Waals surface area contributed by atoms with Crippen LogP contribution < -0.4 is 5.32 Å². The lowest BCUT2D eigenvalue weighted by Crippen LogP contribution is -2.41. The number of carbonyl (C=O) groups excluding carboxylic acids is 1. The number of morpholine rings is 1. The number of ether oxygens (including phenoxy) is 1. The zero-order valence-electron chi connectivity index (χ0n) is 16.7. The highest BCUT2D eigenvalue weighted by Gasteiger charge is 2.27. The van der Waals surface area contributed by atoms with Crippen molar-refractivity contribution in [3.05, 3.63) is 40.6 Å². The minimum atomic E-state index is -3.84. The number of hydrogen-bond acceptors (Lipinski definition) is 7. The van der Waals surface area contributed by atoms with E-state index in [-0.39, 0.29) is 23.8 Å². The van der Waals surface area contributed by atoms with Crippen LogP contribution >= 0.6 is 15.9 Å². The number of halogens is 1. The molecule has 0 saturated carbocycles. The summed E-state index contributed by atoms with van der Waals surface area (Å²) in [4.78, 5) is 14.9. The van der Waals surface area contributed by atoms with Gasteiger partial charge in [-0.25, -0.2) is 8.42 Å². The van der Waals surface area contributed by atoms with Gasteiger partial charge >= 0.3 is 0 Å². The van der Waals surface area contributed by atoms with Gasteiger partial charge in [-0.2, -0.15) is 4.31 Å². The Morgan fingerprint density at radius 2 is 1.97 bits per heavy atom. The van der Waals surface area contributed by atoms with Crippen LogP contribution in [-0.2, 0) is 19.6 Å². The SMILES string of the molecule is Cc1cc(NC(=O)CN(CCCN2CCOCC2)S(=O)(=O)c2ccc(Br)cc2)no1. The van der Waals surface area contributed by atoms with Crippen LogP contribution in [-0.4, -0.2) is 74.6 Å². The topological polar surface area (TPSA) is 105 Å². The summed E-state index contributed by atoms with van der Waals surface area (Å²) >= 11 is 3.31. The highest BCUT2D eigenvalue weighted by atomic mass is 79.9. The highest BCUT2D eigenvalue weighted by Crippen LogP contribution is 2.19. The Morgan fingerprint density at radius 3 is 2.60 bits per heavy atom. The van der Waals surface area contributed by atoms with E-state index in [0.29, 0.717) is 25.4 Å². The second-order valence-corrected chi connectivity index (χ2v) is 9.82. The molecule has 0 spiro atoms. The molecule has 1 saturated heterocycles. The first-order valence-corrected chi connectivity index (χ1v) is 11.9. The van der Waals surface area contributed by atoms with Gasteiger partial charge in [0.05, 0.1) is 24.7 Å². The fraction of sp³-hybridized carbons (Fsp3) is 0.474. The van der Waals surface area contributed by atoms with Crippen LogP contribution in [0.15, 0.2) is 44.2 Å². The van der Waals surface area contributed by atoms with Crippen molar-refractivity contribution in [2.24, 2.45) is 0 Å². The fourth-order valence-electron chi connectivity index (χ4n) is 3.10. The minimum absolute atomic E-state index is 0.141. The molecule has 1 amide bonds. The summed E-state index contributed by atoms with van der Waals surface area (Å²) in [6.07, 6.45) is 0.603. The van der Waals surface area contributed by atoms with Gasteiger partial charge in [0.2, 0.25) is 15.9 Å². The summed E-state index contributed by atoms with van der Waals surface area (Å²) in [5.74, 6) is 0.331. The van der Waals surface area contributed by atoms with Gasteiger partial charge in [0.15, 0.2) is 5.82 Å². The van der Waals surface area contributed by atoms with Crippen LogP contribution in [0, 0.1) is 6.92 Å². The summed E-state index contributed by atoms with van der Waals surface area (Å²) in [6, 6.07) is 7.94. The van der Waals surface area contributed by atoms with E-state index < -0.39 is 15.9 Å². The molecule has 9 nitrogen and oxygen atoms in total. The van der Waals surface area contributed by atoms with E-state index in [4.69, 9.17) is 9.26 Å². The summed E-state index contributed by atoms with van der Waals surface area (Å²) in [5.41, 5.74) is 0. The molecule has 30 heavy (non-hydrogen) atoms. The molecule has 0 aliphatic carbocycles. The number of carbonyl (C=O) groups is 1. The van der Waals surface area contributed by atoms with Crippen molar-refractivity contribution < 1.29 is 22.5 Å². The van der Waals surface area contributed by atoms with Gasteiger partial charge in [-0.1, -0.05) is 21.1 Å². The molecule has 0 atom stereocenters. The average molecular weight is 501 g/mol. The number of benzene rings is 1. The predicted molar refractivity (Wildman–Crippen MR) is 115 cm³/mol. The molecule has 2 heterocycles. The van der Waals surface area contributed by atoms with Crippen molar-refractivity contribution in [1.29, 1.82) is 0 Å². The number of sulfonamides is 1. The first kappa shape index (κ1) is 22.9. The largest absolute Gasteiger partial charge is 0.379 e. The van der Waals surface area contributed by atoms with E-state index in [1.165, 1.54) is 16.4 Å². The van der Waals surface area contributed by atoms with Crippen molar-refractivity contribution in [3.8, 4) is 0 Å². The molecule has 3 rings (SSSR count). The molecular weight excluding hydrogens is 476 g/mol. The number of aromatic nitrogens is 1. The van der Waals surface area contributed by atoms with Crippen molar-refractivity contribution in [3.63, 3.8) is 0 Å². The van der Waals surface area contributed by atoms with Crippen LogP contribution in [0.4, 0.5) is 5.82 Å². The smallest absolute Gasteiger partial charge is 0.243 e. The van der Waals surface area contributed by atoms with Crippen molar-refractivity contribution >= 4 is 37.7 Å². The average Bonchev–Trinajstić information content (AvgIpc) is 3.12. The maximum atomic E-state index is 13.2. The van der Waals surface area contributed by atoms with Crippen molar-refractivity contribution in [2.75, 3.05) is 51.3 Å². The van der Waals surface area contributed by atoms with E-state index in [1.807, 2.05) is 0 Å². The molecule has 1 fully saturated rings. The molecule has 164 valence electrons. The van der Waals surface area contributed by atoms with Crippen LogP contribution in [0.3, 0.4) is 0 Å². The number of amides is 1. The van der Waals surface area contributed by atoms with Gasteiger partial charge in [-0.3, -0.25) is 9.69 Å². The summed E-state index contributed by atoms with van der Waals surface area (Å²) in [5, 5.41) is 6.30. The molecule has 1 aliphatic rings. The lowest BCUT2D eigenvalue weighted by molar-refractivity contribution is -0.116. The Labute approximate surface area is 184 Å². The molecule has 2 aromatic rings. The van der Waals surface area contributed by atoms with E-state index in [1.54, 1.807) is 25.1 Å². The van der Waals surface area contributed by atoms with Crippen molar-refractivity contribution in [2.45, 2.75) is 18.2 Å². The molecule has 11 heteroatoms. The van der Waals surface area contributed by atoms with Gasteiger partial charge in [0.25, 0.3) is 0 Å². The molecule has 1 N–H and O–H groups in total. The molecular formula is C19H25BrN4O5S. The lowest BCUT2D eigenvalue weighted by atomic mass is 10.3. The fourth-order valence-corrected chi connectivity index (χ4v) is 4.80. The Balaban J connectivity index is 1.69. The zero-order chi connectivity index (χ0) is 21.6. The lowest BCUT2D eigenvalue weighted by Gasteiger charge is -2.28. The zero-order valence-corrected chi connectivity index (χ0v) is 19.1. The maximum Gasteiger partial charge on any atom is 0.243 e. The number of nitrogens with one attached hydrogen (secondary N) is 1. The first-order chi connectivity index (χ1) is 14.3. The molecule has 1 aliphatic heterocycles. The van der Waals surface area contributed by atoms with E-state index in [0.717, 1.165) is 24.1 Å². The number of rotatable bonds is 9. The number of nitrogens with zero attached hydrogens (tertiary/aromatic N) is 3.